The summed E-state index contributed by atoms with van der Waals surface area (Å²) in [5.41, 5.74) is 14.0. The van der Waals surface area contributed by atoms with E-state index in [9.17, 15) is 18.4 Å². The largest absolute Gasteiger partial charge is 0.465 e. The van der Waals surface area contributed by atoms with Crippen molar-refractivity contribution >= 4 is 34.7 Å². The minimum absolute atomic E-state index is 0.136. The van der Waals surface area contributed by atoms with Gasteiger partial charge < -0.3 is 31.6 Å². The van der Waals surface area contributed by atoms with E-state index in [0.717, 1.165) is 25.7 Å². The molecule has 244 valence electrons. The molecule has 4 atom stereocenters. The number of carbonyl (C=O) groups excluding carboxylic acids is 2. The average Bonchev–Trinajstić information content (AvgIpc) is 2.89. The molecule has 2 aliphatic carbocycles. The van der Waals surface area contributed by atoms with Gasteiger partial charge in [0.05, 0.1) is 48.1 Å². The first-order valence-electron chi connectivity index (χ1n) is 15.3. The third-order valence-corrected chi connectivity index (χ3v) is 8.58. The number of rotatable bonds is 6. The molecule has 0 aromatic heterocycles. The number of nitrogen functional groups attached to an aromatic ring is 2. The molecule has 2 fully saturated rings. The molecule has 2 saturated carbocycles. The molecule has 2 aromatic carbocycles. The number of ether oxygens (including phenoxy) is 2. The van der Waals surface area contributed by atoms with Crippen molar-refractivity contribution in [3.05, 3.63) is 47.0 Å². The Morgan fingerprint density at radius 2 is 1.05 bits per heavy atom. The van der Waals surface area contributed by atoms with Crippen LogP contribution in [0.25, 0.3) is 0 Å². The lowest BCUT2D eigenvalue weighted by molar-refractivity contribution is 0.0586. The van der Waals surface area contributed by atoms with Gasteiger partial charge in [-0.15, -0.1) is 0 Å². The maximum absolute atomic E-state index is 14.1. The van der Waals surface area contributed by atoms with Crippen molar-refractivity contribution in [3.63, 3.8) is 0 Å². The summed E-state index contributed by atoms with van der Waals surface area (Å²) in [4.78, 5) is 23.0. The van der Waals surface area contributed by atoms with Gasteiger partial charge in [-0.2, -0.15) is 0 Å². The van der Waals surface area contributed by atoms with E-state index in [4.69, 9.17) is 11.5 Å². The first kappa shape index (κ1) is 34.9. The van der Waals surface area contributed by atoms with Crippen molar-refractivity contribution in [3.8, 4) is 0 Å². The highest BCUT2D eigenvalue weighted by Gasteiger charge is 2.33. The molecule has 6 N–H and O–H groups in total. The molecule has 4 rings (SSSR count). The van der Waals surface area contributed by atoms with Gasteiger partial charge in [-0.05, 0) is 85.5 Å². The Balaban J connectivity index is 0.000000240. The third-order valence-electron chi connectivity index (χ3n) is 8.58. The quantitative estimate of drug-likeness (QED) is 0.193. The standard InChI is InChI=1S/2C17H25FN2O2/c2*1-10-5-11(9-17(2,3)8-10)20-15-7-13(18)12(6-14(15)19)16(21)22-4/h2*6-7,10-11,20H,5,8-9,19H2,1-4H3/t2*10-,11+/m10/s1. The normalized spacial score (nSPS) is 23.9. The molecule has 2 aromatic rings. The van der Waals surface area contributed by atoms with E-state index in [1.807, 2.05) is 0 Å². The van der Waals surface area contributed by atoms with Crippen LogP contribution in [-0.2, 0) is 9.47 Å². The number of hydrogen-bond donors (Lipinski definition) is 4. The SMILES string of the molecule is COC(=O)c1cc(N)c(N[C@@H]2C[C@H](C)CC(C)(C)C2)cc1F.COC(=O)c1cc(N)c(N[C@H]2C[C@@H](C)CC(C)(C)C2)cc1F. The molecule has 0 spiro atoms. The third kappa shape index (κ3) is 9.22. The van der Waals surface area contributed by atoms with E-state index in [1.165, 1.54) is 51.3 Å². The highest BCUT2D eigenvalue weighted by atomic mass is 19.1. The number of anilines is 4. The van der Waals surface area contributed by atoms with Gasteiger partial charge in [0, 0.05) is 12.1 Å². The van der Waals surface area contributed by atoms with Crippen molar-refractivity contribution in [2.24, 2.45) is 22.7 Å². The highest BCUT2D eigenvalue weighted by molar-refractivity contribution is 5.93. The number of benzene rings is 2. The van der Waals surface area contributed by atoms with E-state index >= 15 is 0 Å². The molecule has 0 aliphatic heterocycles. The van der Waals surface area contributed by atoms with Crippen LogP contribution in [0.1, 0.15) is 101 Å². The summed E-state index contributed by atoms with van der Waals surface area (Å²) in [7, 11) is 2.44. The maximum Gasteiger partial charge on any atom is 0.340 e. The van der Waals surface area contributed by atoms with Crippen molar-refractivity contribution in [2.45, 2.75) is 92.2 Å². The predicted octanol–water partition coefficient (Wildman–Crippen LogP) is 7.64. The van der Waals surface area contributed by atoms with Gasteiger partial charge in [0.25, 0.3) is 0 Å². The molecule has 0 bridgehead atoms. The summed E-state index contributed by atoms with van der Waals surface area (Å²) in [6, 6.07) is 5.75. The number of methoxy groups -OCH3 is 2. The smallest absolute Gasteiger partial charge is 0.340 e. The summed E-state index contributed by atoms with van der Waals surface area (Å²) in [6.45, 7) is 13.5. The molecular weight excluding hydrogens is 566 g/mol. The molecule has 0 radical (unpaired) electrons. The van der Waals surface area contributed by atoms with Crippen molar-refractivity contribution in [2.75, 3.05) is 36.3 Å². The van der Waals surface area contributed by atoms with Gasteiger partial charge in [-0.3, -0.25) is 0 Å². The van der Waals surface area contributed by atoms with Gasteiger partial charge in [-0.25, -0.2) is 18.4 Å². The van der Waals surface area contributed by atoms with Crippen molar-refractivity contribution in [1.82, 2.24) is 0 Å². The zero-order valence-corrected chi connectivity index (χ0v) is 27.4. The van der Waals surface area contributed by atoms with Crippen LogP contribution in [0.4, 0.5) is 31.5 Å². The van der Waals surface area contributed by atoms with E-state index in [1.54, 1.807) is 0 Å². The highest BCUT2D eigenvalue weighted by Crippen LogP contribution is 2.41. The van der Waals surface area contributed by atoms with Crippen LogP contribution >= 0.6 is 0 Å². The number of carbonyl (C=O) groups is 2. The zero-order valence-electron chi connectivity index (χ0n) is 27.4. The number of nitrogens with two attached hydrogens (primary N) is 2. The van der Waals surface area contributed by atoms with Gasteiger partial charge in [-0.1, -0.05) is 41.5 Å². The number of halogens is 2. The Morgan fingerprint density at radius 3 is 1.34 bits per heavy atom. The fourth-order valence-electron chi connectivity index (χ4n) is 7.31. The van der Waals surface area contributed by atoms with Crippen LogP contribution in [0.15, 0.2) is 24.3 Å². The second-order valence-electron chi connectivity index (χ2n) is 14.3. The Morgan fingerprint density at radius 1 is 0.705 bits per heavy atom. The molecule has 2 aliphatic rings. The van der Waals surface area contributed by atoms with Crippen LogP contribution in [0, 0.1) is 34.3 Å². The number of hydrogen-bond acceptors (Lipinski definition) is 8. The topological polar surface area (TPSA) is 129 Å². The van der Waals surface area contributed by atoms with Gasteiger partial charge in [0.1, 0.15) is 11.6 Å². The minimum Gasteiger partial charge on any atom is -0.465 e. The molecule has 8 nitrogen and oxygen atoms in total. The van der Waals surface area contributed by atoms with E-state index < -0.39 is 23.6 Å². The Labute approximate surface area is 260 Å². The van der Waals surface area contributed by atoms with Crippen LogP contribution in [-0.4, -0.2) is 38.2 Å². The van der Waals surface area contributed by atoms with Gasteiger partial charge in [0.15, 0.2) is 0 Å². The first-order valence-corrected chi connectivity index (χ1v) is 15.3. The van der Waals surface area contributed by atoms with Crippen molar-refractivity contribution < 1.29 is 27.8 Å². The molecule has 0 unspecified atom stereocenters. The maximum atomic E-state index is 14.1. The lowest BCUT2D eigenvalue weighted by Crippen LogP contribution is -2.35. The molecule has 44 heavy (non-hydrogen) atoms. The monoisotopic (exact) mass is 616 g/mol. The molecular formula is C34H50F2N4O4. The molecule has 10 heteroatoms. The molecule has 0 heterocycles. The Kier molecular flexibility index (Phi) is 11.1. The van der Waals surface area contributed by atoms with Crippen LogP contribution in [0.5, 0.6) is 0 Å². The Hall–Kier alpha value is -3.56. The Bertz CT molecular complexity index is 1250. The summed E-state index contributed by atoms with van der Waals surface area (Å²) in [5, 5.41) is 6.69. The fourth-order valence-corrected chi connectivity index (χ4v) is 7.31. The van der Waals surface area contributed by atoms with E-state index in [2.05, 4.69) is 61.6 Å². The lowest BCUT2D eigenvalue weighted by Gasteiger charge is -2.39. The summed E-state index contributed by atoms with van der Waals surface area (Å²) in [6.07, 6.45) is 6.47. The predicted molar refractivity (Wildman–Crippen MR) is 173 cm³/mol. The lowest BCUT2D eigenvalue weighted by atomic mass is 9.70. The fraction of sp³-hybridized carbons (Fsp3) is 0.588. The summed E-state index contributed by atoms with van der Waals surface area (Å²) >= 11 is 0. The number of nitrogens with one attached hydrogen (secondary N) is 2. The van der Waals surface area contributed by atoms with Gasteiger partial charge >= 0.3 is 11.9 Å². The second kappa shape index (κ2) is 14.0. The summed E-state index contributed by atoms with van der Waals surface area (Å²) in [5.74, 6) is -1.45. The molecule has 0 amide bonds. The van der Waals surface area contributed by atoms with Crippen molar-refractivity contribution in [1.29, 1.82) is 0 Å². The van der Waals surface area contributed by atoms with E-state index in [0.29, 0.717) is 34.6 Å². The van der Waals surface area contributed by atoms with Crippen LogP contribution in [0.2, 0.25) is 0 Å². The zero-order chi connectivity index (χ0) is 33.0. The molecule has 0 saturated heterocycles. The second-order valence-corrected chi connectivity index (χ2v) is 14.3. The van der Waals surface area contributed by atoms with Crippen LogP contribution in [0.3, 0.4) is 0 Å². The average molecular weight is 617 g/mol. The van der Waals surface area contributed by atoms with Gasteiger partial charge in [0.2, 0.25) is 0 Å². The number of esters is 2. The van der Waals surface area contributed by atoms with E-state index in [-0.39, 0.29) is 34.0 Å². The minimum atomic E-state index is -0.719. The first-order chi connectivity index (χ1) is 20.4. The summed E-state index contributed by atoms with van der Waals surface area (Å²) < 4.78 is 37.2. The van der Waals surface area contributed by atoms with Crippen LogP contribution < -0.4 is 22.1 Å².